The molecule has 1 saturated carbocycles. The quantitative estimate of drug-likeness (QED) is 0.766. The Bertz CT molecular complexity index is 254. The molecule has 0 radical (unpaired) electrons. The Hall–Kier alpha value is -0.610. The normalized spacial score (nSPS) is 22.1. The minimum absolute atomic E-state index is 0.0508. The number of likely N-dealkylation sites (N-methyl/N-ethyl adjacent to an activating group) is 1. The van der Waals surface area contributed by atoms with Gasteiger partial charge in [0, 0.05) is 13.1 Å². The summed E-state index contributed by atoms with van der Waals surface area (Å²) in [5.74, 6) is -0.0508. The average molecular weight is 242 g/mol. The maximum absolute atomic E-state index is 11.4. The zero-order chi connectivity index (χ0) is 12.9. The maximum Gasteiger partial charge on any atom is 0.246 e. The molecule has 1 amide bonds. The average Bonchev–Trinajstić information content (AvgIpc) is 2.29. The molecule has 0 saturated heterocycles. The zero-order valence-corrected chi connectivity index (χ0v) is 11.3. The Morgan fingerprint density at radius 1 is 1.29 bits per heavy atom. The van der Waals surface area contributed by atoms with E-state index in [1.165, 1.54) is 0 Å². The molecule has 0 spiro atoms. The van der Waals surface area contributed by atoms with Gasteiger partial charge >= 0.3 is 0 Å². The number of ether oxygens (including phenoxy) is 1. The van der Waals surface area contributed by atoms with Crippen LogP contribution in [0.4, 0.5) is 0 Å². The lowest BCUT2D eigenvalue weighted by Gasteiger charge is -2.42. The van der Waals surface area contributed by atoms with E-state index in [1.807, 2.05) is 6.92 Å². The van der Waals surface area contributed by atoms with Crippen LogP contribution in [-0.2, 0) is 9.53 Å². The number of hydrogen-bond donors (Lipinski definition) is 2. The molecule has 1 aliphatic carbocycles. The second-order valence-corrected chi connectivity index (χ2v) is 5.79. The van der Waals surface area contributed by atoms with Crippen LogP contribution in [0.5, 0.6) is 0 Å². The van der Waals surface area contributed by atoms with Crippen molar-refractivity contribution >= 4 is 5.91 Å². The molecule has 0 aromatic heterocycles. The standard InChI is InChI=1S/C13H26N2O2/c1-4-15-11(16)9-17-13(10-14)7-5-12(2,3)6-8-13/h4-10,14H2,1-3H3,(H,15,16). The van der Waals surface area contributed by atoms with Crippen LogP contribution in [0, 0.1) is 5.41 Å². The zero-order valence-electron chi connectivity index (χ0n) is 11.3. The summed E-state index contributed by atoms with van der Waals surface area (Å²) in [4.78, 5) is 11.4. The van der Waals surface area contributed by atoms with Crippen molar-refractivity contribution in [3.63, 3.8) is 0 Å². The SMILES string of the molecule is CCNC(=O)COC1(CN)CCC(C)(C)CC1. The van der Waals surface area contributed by atoms with Gasteiger partial charge in [0.15, 0.2) is 0 Å². The van der Waals surface area contributed by atoms with Gasteiger partial charge in [-0.25, -0.2) is 0 Å². The number of nitrogens with one attached hydrogen (secondary N) is 1. The highest BCUT2D eigenvalue weighted by molar-refractivity contribution is 5.77. The van der Waals surface area contributed by atoms with E-state index >= 15 is 0 Å². The highest BCUT2D eigenvalue weighted by Crippen LogP contribution is 2.41. The second-order valence-electron chi connectivity index (χ2n) is 5.79. The first-order valence-electron chi connectivity index (χ1n) is 6.54. The Kier molecular flexibility index (Phi) is 4.95. The van der Waals surface area contributed by atoms with Crippen LogP contribution in [0.25, 0.3) is 0 Å². The van der Waals surface area contributed by atoms with Crippen molar-refractivity contribution in [1.82, 2.24) is 5.32 Å². The molecule has 1 aliphatic rings. The van der Waals surface area contributed by atoms with Crippen molar-refractivity contribution in [2.45, 2.75) is 52.1 Å². The lowest BCUT2D eigenvalue weighted by molar-refractivity contribution is -0.137. The van der Waals surface area contributed by atoms with E-state index < -0.39 is 0 Å². The van der Waals surface area contributed by atoms with Crippen molar-refractivity contribution < 1.29 is 9.53 Å². The first-order valence-corrected chi connectivity index (χ1v) is 6.54. The molecule has 0 heterocycles. The number of carbonyl (C=O) groups excluding carboxylic acids is 1. The fourth-order valence-corrected chi connectivity index (χ4v) is 2.26. The lowest BCUT2D eigenvalue weighted by atomic mass is 9.71. The van der Waals surface area contributed by atoms with E-state index in [0.29, 0.717) is 18.5 Å². The first kappa shape index (κ1) is 14.5. The largest absolute Gasteiger partial charge is 0.364 e. The minimum Gasteiger partial charge on any atom is -0.364 e. The molecule has 1 fully saturated rings. The van der Waals surface area contributed by atoms with Crippen molar-refractivity contribution in [3.8, 4) is 0 Å². The van der Waals surface area contributed by atoms with Crippen molar-refractivity contribution in [2.24, 2.45) is 11.1 Å². The predicted molar refractivity (Wildman–Crippen MR) is 68.7 cm³/mol. The van der Waals surface area contributed by atoms with Gasteiger partial charge in [-0.05, 0) is 38.0 Å². The molecule has 1 rings (SSSR count). The van der Waals surface area contributed by atoms with Gasteiger partial charge in [-0.15, -0.1) is 0 Å². The molecule has 4 nitrogen and oxygen atoms in total. The van der Waals surface area contributed by atoms with Crippen molar-refractivity contribution in [2.75, 3.05) is 19.7 Å². The fraction of sp³-hybridized carbons (Fsp3) is 0.923. The van der Waals surface area contributed by atoms with E-state index in [-0.39, 0.29) is 18.1 Å². The lowest BCUT2D eigenvalue weighted by Crippen LogP contribution is -2.47. The van der Waals surface area contributed by atoms with E-state index in [0.717, 1.165) is 25.7 Å². The third kappa shape index (κ3) is 4.28. The van der Waals surface area contributed by atoms with Gasteiger partial charge in [0.2, 0.25) is 5.91 Å². The number of amides is 1. The van der Waals surface area contributed by atoms with Crippen molar-refractivity contribution in [1.29, 1.82) is 0 Å². The van der Waals surface area contributed by atoms with Crippen LogP contribution in [0.1, 0.15) is 46.5 Å². The van der Waals surface area contributed by atoms with Crippen molar-refractivity contribution in [3.05, 3.63) is 0 Å². The van der Waals surface area contributed by atoms with Gasteiger partial charge in [0.1, 0.15) is 6.61 Å². The molecule has 0 aromatic rings. The summed E-state index contributed by atoms with van der Waals surface area (Å²) in [6, 6.07) is 0. The highest BCUT2D eigenvalue weighted by atomic mass is 16.5. The molecule has 0 unspecified atom stereocenters. The summed E-state index contributed by atoms with van der Waals surface area (Å²) in [5.41, 5.74) is 5.94. The van der Waals surface area contributed by atoms with Gasteiger partial charge < -0.3 is 15.8 Å². The van der Waals surface area contributed by atoms with E-state index in [2.05, 4.69) is 19.2 Å². The smallest absolute Gasteiger partial charge is 0.246 e. The van der Waals surface area contributed by atoms with E-state index in [1.54, 1.807) is 0 Å². The molecule has 0 atom stereocenters. The molecular weight excluding hydrogens is 216 g/mol. The van der Waals surface area contributed by atoms with E-state index in [4.69, 9.17) is 10.5 Å². The summed E-state index contributed by atoms with van der Waals surface area (Å²) in [6.07, 6.45) is 4.13. The summed E-state index contributed by atoms with van der Waals surface area (Å²) in [7, 11) is 0. The molecule has 0 bridgehead atoms. The van der Waals surface area contributed by atoms with Crippen LogP contribution < -0.4 is 11.1 Å². The Labute approximate surface area is 104 Å². The second kappa shape index (κ2) is 5.83. The number of nitrogens with two attached hydrogens (primary N) is 1. The van der Waals surface area contributed by atoms with Crippen LogP contribution in [0.2, 0.25) is 0 Å². The van der Waals surface area contributed by atoms with Crippen LogP contribution in [0.15, 0.2) is 0 Å². The third-order valence-corrected chi connectivity index (χ3v) is 3.77. The molecule has 100 valence electrons. The van der Waals surface area contributed by atoms with Gasteiger partial charge in [0.05, 0.1) is 5.60 Å². The maximum atomic E-state index is 11.4. The van der Waals surface area contributed by atoms with Gasteiger partial charge in [-0.2, -0.15) is 0 Å². The number of carbonyl (C=O) groups is 1. The first-order chi connectivity index (χ1) is 7.93. The molecule has 3 N–H and O–H groups in total. The number of rotatable bonds is 5. The third-order valence-electron chi connectivity index (χ3n) is 3.77. The highest BCUT2D eigenvalue weighted by Gasteiger charge is 2.38. The molecule has 0 aromatic carbocycles. The summed E-state index contributed by atoms with van der Waals surface area (Å²) in [5, 5.41) is 2.74. The minimum atomic E-state index is -0.277. The summed E-state index contributed by atoms with van der Waals surface area (Å²) in [6.45, 7) is 7.73. The van der Waals surface area contributed by atoms with Crippen LogP contribution >= 0.6 is 0 Å². The topological polar surface area (TPSA) is 64.3 Å². The molecule has 17 heavy (non-hydrogen) atoms. The number of hydrogen-bond acceptors (Lipinski definition) is 3. The van der Waals surface area contributed by atoms with Gasteiger partial charge in [-0.3, -0.25) is 4.79 Å². The summed E-state index contributed by atoms with van der Waals surface area (Å²) >= 11 is 0. The van der Waals surface area contributed by atoms with Gasteiger partial charge in [-0.1, -0.05) is 13.8 Å². The Balaban J connectivity index is 2.45. The van der Waals surface area contributed by atoms with Crippen LogP contribution in [-0.4, -0.2) is 31.2 Å². The monoisotopic (exact) mass is 242 g/mol. The Morgan fingerprint density at radius 3 is 2.35 bits per heavy atom. The van der Waals surface area contributed by atoms with E-state index in [9.17, 15) is 4.79 Å². The summed E-state index contributed by atoms with van der Waals surface area (Å²) < 4.78 is 5.79. The van der Waals surface area contributed by atoms with Gasteiger partial charge in [0.25, 0.3) is 0 Å². The molecule has 0 aliphatic heterocycles. The fourth-order valence-electron chi connectivity index (χ4n) is 2.26. The molecule has 4 heteroatoms. The predicted octanol–water partition coefficient (Wildman–Crippen LogP) is 1.44. The molecular formula is C13H26N2O2. The Morgan fingerprint density at radius 2 is 1.88 bits per heavy atom. The van der Waals surface area contributed by atoms with Crippen LogP contribution in [0.3, 0.4) is 0 Å².